The second-order valence-electron chi connectivity index (χ2n) is 3.95. The van der Waals surface area contributed by atoms with Crippen LogP contribution in [0.1, 0.15) is 13.8 Å². The summed E-state index contributed by atoms with van der Waals surface area (Å²) < 4.78 is 36.5. The maximum absolute atomic E-state index is 12.0. The zero-order valence-electron chi connectivity index (χ0n) is 11.7. The van der Waals surface area contributed by atoms with Crippen molar-refractivity contribution < 1.29 is 22.8 Å². The molecule has 0 bridgehead atoms. The number of halogens is 3. The van der Waals surface area contributed by atoms with Crippen LogP contribution in [-0.4, -0.2) is 46.7 Å². The van der Waals surface area contributed by atoms with E-state index in [4.69, 9.17) is 0 Å². The van der Waals surface area contributed by atoms with Crippen molar-refractivity contribution in [2.24, 2.45) is 0 Å². The highest BCUT2D eigenvalue weighted by atomic mass is 32.2. The maximum atomic E-state index is 12.0. The van der Waals surface area contributed by atoms with E-state index < -0.39 is 29.9 Å². The molecule has 0 saturated heterocycles. The van der Waals surface area contributed by atoms with Crippen molar-refractivity contribution >= 4 is 40.2 Å². The van der Waals surface area contributed by atoms with Gasteiger partial charge in [0.1, 0.15) is 6.54 Å². The number of hydrogen-bond donors (Lipinski definition) is 3. The van der Waals surface area contributed by atoms with E-state index in [9.17, 15) is 22.8 Å². The standard InChI is InChI=1S/C10H14F3N5O2S2/c1-3-14-7(20)16-6(19)5(2)21-9-18-17-8(22-9)15-4-10(11,12)13/h5H,3-4H2,1-2H3,(H,15,17)(H2,14,16,19,20)/t5-/m0/s1. The second-order valence-corrected chi connectivity index (χ2v) is 6.52. The van der Waals surface area contributed by atoms with Crippen LogP contribution in [0.5, 0.6) is 0 Å². The van der Waals surface area contributed by atoms with E-state index in [0.717, 1.165) is 23.1 Å². The van der Waals surface area contributed by atoms with Gasteiger partial charge in [-0.3, -0.25) is 10.1 Å². The van der Waals surface area contributed by atoms with E-state index in [1.54, 1.807) is 13.8 Å². The number of nitrogens with zero attached hydrogens (tertiary/aromatic N) is 2. The SMILES string of the molecule is CCNC(=O)NC(=O)[C@H](C)Sc1nnc(NCC(F)(F)F)s1. The molecular weight excluding hydrogens is 343 g/mol. The smallest absolute Gasteiger partial charge is 0.351 e. The van der Waals surface area contributed by atoms with E-state index in [-0.39, 0.29) is 5.13 Å². The fourth-order valence-electron chi connectivity index (χ4n) is 1.13. The summed E-state index contributed by atoms with van der Waals surface area (Å²) in [6.07, 6.45) is -4.35. The van der Waals surface area contributed by atoms with Crippen molar-refractivity contribution in [3.63, 3.8) is 0 Å². The zero-order valence-corrected chi connectivity index (χ0v) is 13.3. The van der Waals surface area contributed by atoms with Gasteiger partial charge < -0.3 is 10.6 Å². The third-order valence-electron chi connectivity index (χ3n) is 2.07. The Morgan fingerprint density at radius 2 is 2.05 bits per heavy atom. The van der Waals surface area contributed by atoms with Gasteiger partial charge in [0.15, 0.2) is 4.34 Å². The lowest BCUT2D eigenvalue weighted by Crippen LogP contribution is -2.42. The average Bonchev–Trinajstić information content (AvgIpc) is 2.83. The van der Waals surface area contributed by atoms with Crippen LogP contribution in [0.4, 0.5) is 23.1 Å². The molecule has 1 heterocycles. The van der Waals surface area contributed by atoms with Crippen LogP contribution in [0, 0.1) is 0 Å². The van der Waals surface area contributed by atoms with Crippen LogP contribution in [0.25, 0.3) is 0 Å². The molecule has 1 aromatic rings. The molecule has 7 nitrogen and oxygen atoms in total. The number of rotatable bonds is 6. The van der Waals surface area contributed by atoms with Gasteiger partial charge in [0.25, 0.3) is 0 Å². The first-order valence-corrected chi connectivity index (χ1v) is 7.80. The Balaban J connectivity index is 2.48. The Labute approximate surface area is 132 Å². The molecule has 0 unspecified atom stereocenters. The Morgan fingerprint density at radius 1 is 1.36 bits per heavy atom. The molecule has 0 saturated carbocycles. The van der Waals surface area contributed by atoms with Crippen LogP contribution in [0.15, 0.2) is 4.34 Å². The lowest BCUT2D eigenvalue weighted by atomic mass is 10.4. The minimum atomic E-state index is -4.35. The highest BCUT2D eigenvalue weighted by molar-refractivity contribution is 8.02. The Kier molecular flexibility index (Phi) is 6.87. The van der Waals surface area contributed by atoms with Gasteiger partial charge in [0.05, 0.1) is 5.25 Å². The number of carbonyl (C=O) groups excluding carboxylic acids is 2. The lowest BCUT2D eigenvalue weighted by molar-refractivity contribution is -0.119. The van der Waals surface area contributed by atoms with Gasteiger partial charge in [0.2, 0.25) is 11.0 Å². The number of imide groups is 1. The highest BCUT2D eigenvalue weighted by Gasteiger charge is 2.27. The molecule has 3 amide bonds. The predicted molar refractivity (Wildman–Crippen MR) is 77.0 cm³/mol. The highest BCUT2D eigenvalue weighted by Crippen LogP contribution is 2.29. The minimum absolute atomic E-state index is 0.0103. The number of anilines is 1. The van der Waals surface area contributed by atoms with Gasteiger partial charge in [-0.15, -0.1) is 10.2 Å². The number of aromatic nitrogens is 2. The molecular formula is C10H14F3N5O2S2. The van der Waals surface area contributed by atoms with Crippen LogP contribution in [0.3, 0.4) is 0 Å². The zero-order chi connectivity index (χ0) is 16.8. The monoisotopic (exact) mass is 357 g/mol. The van der Waals surface area contributed by atoms with E-state index >= 15 is 0 Å². The van der Waals surface area contributed by atoms with Crippen LogP contribution in [0.2, 0.25) is 0 Å². The summed E-state index contributed by atoms with van der Waals surface area (Å²) in [4.78, 5) is 22.9. The van der Waals surface area contributed by atoms with Crippen molar-refractivity contribution in [1.82, 2.24) is 20.8 Å². The molecule has 1 aromatic heterocycles. The number of amides is 3. The van der Waals surface area contributed by atoms with Gasteiger partial charge in [-0.05, 0) is 13.8 Å². The van der Waals surface area contributed by atoms with E-state index in [0.29, 0.717) is 10.9 Å². The molecule has 0 aromatic carbocycles. The molecule has 0 aliphatic heterocycles. The molecule has 22 heavy (non-hydrogen) atoms. The minimum Gasteiger partial charge on any atom is -0.351 e. The number of nitrogens with one attached hydrogen (secondary N) is 3. The first-order valence-electron chi connectivity index (χ1n) is 6.10. The largest absolute Gasteiger partial charge is 0.405 e. The lowest BCUT2D eigenvalue weighted by Gasteiger charge is -2.09. The van der Waals surface area contributed by atoms with Crippen molar-refractivity contribution in [1.29, 1.82) is 0 Å². The molecule has 1 rings (SSSR count). The quantitative estimate of drug-likeness (QED) is 0.673. The third-order valence-corrected chi connectivity index (χ3v) is 4.13. The molecule has 0 aliphatic rings. The first-order chi connectivity index (χ1) is 10.2. The molecule has 0 fully saturated rings. The van der Waals surface area contributed by atoms with Crippen LogP contribution >= 0.6 is 23.1 Å². The van der Waals surface area contributed by atoms with Crippen LogP contribution < -0.4 is 16.0 Å². The summed E-state index contributed by atoms with van der Waals surface area (Å²) in [6, 6.07) is -0.607. The van der Waals surface area contributed by atoms with Crippen molar-refractivity contribution in [3.8, 4) is 0 Å². The fourth-order valence-corrected chi connectivity index (χ4v) is 3.02. The Bertz CT molecular complexity index is 523. The summed E-state index contributed by atoms with van der Waals surface area (Å²) in [5, 5.41) is 13.2. The summed E-state index contributed by atoms with van der Waals surface area (Å²) in [6.45, 7) is 2.42. The maximum Gasteiger partial charge on any atom is 0.405 e. The van der Waals surface area contributed by atoms with Gasteiger partial charge >= 0.3 is 12.2 Å². The van der Waals surface area contributed by atoms with Gasteiger partial charge in [-0.2, -0.15) is 13.2 Å². The van der Waals surface area contributed by atoms with Crippen molar-refractivity contribution in [2.45, 2.75) is 29.6 Å². The molecule has 0 radical (unpaired) electrons. The summed E-state index contributed by atoms with van der Waals surface area (Å²) in [7, 11) is 0. The second kappa shape index (κ2) is 8.17. The van der Waals surface area contributed by atoms with E-state index in [2.05, 4.69) is 26.1 Å². The van der Waals surface area contributed by atoms with E-state index in [1.807, 2.05) is 0 Å². The van der Waals surface area contributed by atoms with Gasteiger partial charge in [0, 0.05) is 6.54 Å². The molecule has 12 heteroatoms. The Morgan fingerprint density at radius 3 is 2.64 bits per heavy atom. The molecule has 1 atom stereocenters. The summed E-state index contributed by atoms with van der Waals surface area (Å²) in [5.74, 6) is -0.532. The number of urea groups is 1. The predicted octanol–water partition coefficient (Wildman–Crippen LogP) is 1.84. The fraction of sp³-hybridized carbons (Fsp3) is 0.600. The number of carbonyl (C=O) groups is 2. The average molecular weight is 357 g/mol. The Hall–Kier alpha value is -1.56. The van der Waals surface area contributed by atoms with Crippen molar-refractivity contribution in [3.05, 3.63) is 0 Å². The van der Waals surface area contributed by atoms with Gasteiger partial charge in [-0.1, -0.05) is 23.1 Å². The topological polar surface area (TPSA) is 96.0 Å². The van der Waals surface area contributed by atoms with E-state index in [1.165, 1.54) is 0 Å². The number of thioether (sulfide) groups is 1. The normalized spacial score (nSPS) is 12.6. The summed E-state index contributed by atoms with van der Waals surface area (Å²) in [5.41, 5.74) is 0. The summed E-state index contributed by atoms with van der Waals surface area (Å²) >= 11 is 1.90. The molecule has 0 aliphatic carbocycles. The third kappa shape index (κ3) is 6.93. The van der Waals surface area contributed by atoms with Crippen LogP contribution in [-0.2, 0) is 4.79 Å². The molecule has 0 spiro atoms. The van der Waals surface area contributed by atoms with Crippen molar-refractivity contribution in [2.75, 3.05) is 18.4 Å². The molecule has 3 N–H and O–H groups in total. The first kappa shape index (κ1) is 18.5. The molecule has 124 valence electrons. The number of alkyl halides is 3. The van der Waals surface area contributed by atoms with Gasteiger partial charge in [-0.25, -0.2) is 4.79 Å². The number of hydrogen-bond acceptors (Lipinski definition) is 7.